The van der Waals surface area contributed by atoms with Crippen molar-refractivity contribution < 1.29 is 19.1 Å². The van der Waals surface area contributed by atoms with Crippen molar-refractivity contribution in [1.29, 1.82) is 0 Å². The number of methoxy groups -OCH3 is 1. The molecule has 33 heavy (non-hydrogen) atoms. The molecule has 0 saturated carbocycles. The van der Waals surface area contributed by atoms with Gasteiger partial charge in [-0.2, -0.15) is 0 Å². The largest absolute Gasteiger partial charge is 0.489 e. The Kier molecular flexibility index (Phi) is 7.22. The molecule has 0 bridgehead atoms. The van der Waals surface area contributed by atoms with Gasteiger partial charge in [-0.3, -0.25) is 9.69 Å². The van der Waals surface area contributed by atoms with Crippen LogP contribution in [0.5, 0.6) is 5.75 Å². The Hall–Kier alpha value is -3.42. The van der Waals surface area contributed by atoms with Crippen LogP contribution in [0.4, 0.5) is 0 Å². The van der Waals surface area contributed by atoms with Gasteiger partial charge in [-0.05, 0) is 34.9 Å². The molecule has 1 aliphatic heterocycles. The van der Waals surface area contributed by atoms with E-state index < -0.39 is 12.0 Å². The van der Waals surface area contributed by atoms with Gasteiger partial charge in [0.1, 0.15) is 16.7 Å². The molecular formula is C26H21NO4S2. The minimum Gasteiger partial charge on any atom is -0.489 e. The standard InChI is InChI=1S/C26H21NO4S2/c1-30-25(29)23(20-12-6-3-7-13-20)27-24(28)22(33-26(27)32)16-19-11-8-14-21(15-19)31-17-18-9-4-2-5-10-18/h2-16,23H,17H2,1H3/b22-16-. The van der Waals surface area contributed by atoms with E-state index in [1.807, 2.05) is 60.7 Å². The normalized spacial score (nSPS) is 15.5. The lowest BCUT2D eigenvalue weighted by atomic mass is 10.1. The molecule has 0 aromatic heterocycles. The first-order valence-corrected chi connectivity index (χ1v) is 11.5. The summed E-state index contributed by atoms with van der Waals surface area (Å²) >= 11 is 6.63. The van der Waals surface area contributed by atoms with Crippen molar-refractivity contribution in [3.05, 3.63) is 107 Å². The number of amides is 1. The highest BCUT2D eigenvalue weighted by atomic mass is 32.2. The maximum absolute atomic E-state index is 13.3. The van der Waals surface area contributed by atoms with Crippen LogP contribution in [0.25, 0.3) is 6.08 Å². The van der Waals surface area contributed by atoms with Gasteiger partial charge in [-0.15, -0.1) is 0 Å². The molecule has 1 saturated heterocycles. The molecule has 5 nitrogen and oxygen atoms in total. The summed E-state index contributed by atoms with van der Waals surface area (Å²) in [5, 5.41) is 0. The Morgan fingerprint density at radius 1 is 1.03 bits per heavy atom. The molecule has 1 heterocycles. The molecule has 1 atom stereocenters. The number of carbonyl (C=O) groups is 2. The highest BCUT2D eigenvalue weighted by Gasteiger charge is 2.41. The van der Waals surface area contributed by atoms with E-state index in [4.69, 9.17) is 21.7 Å². The van der Waals surface area contributed by atoms with Crippen LogP contribution in [-0.2, 0) is 20.9 Å². The fraction of sp³-hybridized carbons (Fsp3) is 0.115. The maximum atomic E-state index is 13.3. The second-order valence-electron chi connectivity index (χ2n) is 7.23. The van der Waals surface area contributed by atoms with Gasteiger partial charge in [0.15, 0.2) is 6.04 Å². The van der Waals surface area contributed by atoms with Crippen LogP contribution in [0.3, 0.4) is 0 Å². The second-order valence-corrected chi connectivity index (χ2v) is 8.91. The number of thiocarbonyl (C=S) groups is 1. The van der Waals surface area contributed by atoms with Gasteiger partial charge in [-0.25, -0.2) is 4.79 Å². The molecule has 0 aliphatic carbocycles. The van der Waals surface area contributed by atoms with Gasteiger partial charge in [0.25, 0.3) is 5.91 Å². The van der Waals surface area contributed by atoms with E-state index in [1.54, 1.807) is 30.3 Å². The molecule has 0 N–H and O–H groups in total. The third kappa shape index (κ3) is 5.32. The maximum Gasteiger partial charge on any atom is 0.333 e. The molecule has 3 aromatic rings. The number of hydrogen-bond acceptors (Lipinski definition) is 6. The Balaban J connectivity index is 1.55. The van der Waals surface area contributed by atoms with E-state index in [9.17, 15) is 9.59 Å². The summed E-state index contributed by atoms with van der Waals surface area (Å²) < 4.78 is 11.2. The number of esters is 1. The Morgan fingerprint density at radius 3 is 2.42 bits per heavy atom. The molecule has 3 aromatic carbocycles. The van der Waals surface area contributed by atoms with Gasteiger partial charge < -0.3 is 9.47 Å². The van der Waals surface area contributed by atoms with Crippen LogP contribution in [0.15, 0.2) is 89.8 Å². The second kappa shape index (κ2) is 10.5. The number of thioether (sulfide) groups is 1. The predicted octanol–water partition coefficient (Wildman–Crippen LogP) is 5.38. The molecule has 1 amide bonds. The fourth-order valence-electron chi connectivity index (χ4n) is 3.43. The van der Waals surface area contributed by atoms with E-state index in [0.717, 1.165) is 22.9 Å². The summed E-state index contributed by atoms with van der Waals surface area (Å²) in [4.78, 5) is 27.6. The summed E-state index contributed by atoms with van der Waals surface area (Å²) in [6, 6.07) is 25.5. The lowest BCUT2D eigenvalue weighted by Crippen LogP contribution is -2.37. The van der Waals surface area contributed by atoms with Crippen molar-refractivity contribution in [3.63, 3.8) is 0 Å². The molecule has 166 valence electrons. The van der Waals surface area contributed by atoms with Crippen molar-refractivity contribution in [3.8, 4) is 5.75 Å². The summed E-state index contributed by atoms with van der Waals surface area (Å²) in [6.07, 6.45) is 1.76. The molecule has 4 rings (SSSR count). The van der Waals surface area contributed by atoms with Crippen molar-refractivity contribution in [2.24, 2.45) is 0 Å². The minimum atomic E-state index is -0.935. The first-order chi connectivity index (χ1) is 16.1. The number of carbonyl (C=O) groups excluding carboxylic acids is 2. The SMILES string of the molecule is COC(=O)C(c1ccccc1)N1C(=O)/C(=C/c2cccc(OCc3ccccc3)c2)SC1=S. The van der Waals surface area contributed by atoms with Crippen LogP contribution < -0.4 is 4.74 Å². The highest BCUT2D eigenvalue weighted by molar-refractivity contribution is 8.26. The number of benzene rings is 3. The molecule has 1 fully saturated rings. The van der Waals surface area contributed by atoms with E-state index in [1.165, 1.54) is 12.0 Å². The molecule has 1 unspecified atom stereocenters. The number of rotatable bonds is 7. The monoisotopic (exact) mass is 475 g/mol. The zero-order valence-corrected chi connectivity index (χ0v) is 19.5. The number of nitrogens with zero attached hydrogens (tertiary/aromatic N) is 1. The lowest BCUT2D eigenvalue weighted by molar-refractivity contribution is -0.148. The van der Waals surface area contributed by atoms with Crippen LogP contribution in [0, 0.1) is 0 Å². The Morgan fingerprint density at radius 2 is 1.73 bits per heavy atom. The van der Waals surface area contributed by atoms with E-state index in [2.05, 4.69) is 0 Å². The quantitative estimate of drug-likeness (QED) is 0.260. The first kappa shape index (κ1) is 22.8. The molecule has 1 aliphatic rings. The third-order valence-corrected chi connectivity index (χ3v) is 6.36. The Bertz CT molecular complexity index is 1200. The summed E-state index contributed by atoms with van der Waals surface area (Å²) in [7, 11) is 1.30. The van der Waals surface area contributed by atoms with E-state index in [-0.39, 0.29) is 5.91 Å². The highest BCUT2D eigenvalue weighted by Crippen LogP contribution is 2.39. The first-order valence-electron chi connectivity index (χ1n) is 10.2. The number of hydrogen-bond donors (Lipinski definition) is 0. The van der Waals surface area contributed by atoms with Crippen LogP contribution in [0.1, 0.15) is 22.7 Å². The van der Waals surface area contributed by atoms with Gasteiger partial charge in [0.05, 0.1) is 12.0 Å². The summed E-state index contributed by atoms with van der Waals surface area (Å²) in [5.74, 6) is -0.185. The molecule has 0 spiro atoms. The van der Waals surface area contributed by atoms with Crippen LogP contribution >= 0.6 is 24.0 Å². The van der Waals surface area contributed by atoms with Crippen molar-refractivity contribution in [2.45, 2.75) is 12.6 Å². The van der Waals surface area contributed by atoms with Crippen molar-refractivity contribution in [1.82, 2.24) is 4.90 Å². The Labute approximate surface area is 202 Å². The molecule has 0 radical (unpaired) electrons. The van der Waals surface area contributed by atoms with Crippen LogP contribution in [0.2, 0.25) is 0 Å². The fourth-order valence-corrected chi connectivity index (χ4v) is 4.74. The zero-order valence-electron chi connectivity index (χ0n) is 17.8. The average molecular weight is 476 g/mol. The molecule has 7 heteroatoms. The average Bonchev–Trinajstić information content (AvgIpc) is 3.12. The predicted molar refractivity (Wildman–Crippen MR) is 133 cm³/mol. The zero-order chi connectivity index (χ0) is 23.2. The van der Waals surface area contributed by atoms with Gasteiger partial charge in [0.2, 0.25) is 0 Å². The summed E-state index contributed by atoms with van der Waals surface area (Å²) in [6.45, 7) is 0.449. The topological polar surface area (TPSA) is 55.8 Å². The van der Waals surface area contributed by atoms with Gasteiger partial charge >= 0.3 is 5.97 Å². The van der Waals surface area contributed by atoms with Crippen molar-refractivity contribution >= 4 is 46.3 Å². The number of ether oxygens (including phenoxy) is 2. The van der Waals surface area contributed by atoms with Crippen molar-refractivity contribution in [2.75, 3.05) is 7.11 Å². The van der Waals surface area contributed by atoms with E-state index in [0.29, 0.717) is 27.1 Å². The van der Waals surface area contributed by atoms with Gasteiger partial charge in [0, 0.05) is 0 Å². The van der Waals surface area contributed by atoms with Crippen LogP contribution in [-0.4, -0.2) is 28.2 Å². The van der Waals surface area contributed by atoms with E-state index >= 15 is 0 Å². The summed E-state index contributed by atoms with van der Waals surface area (Å²) in [5.41, 5.74) is 2.51. The van der Waals surface area contributed by atoms with Gasteiger partial charge in [-0.1, -0.05) is 96.8 Å². The smallest absolute Gasteiger partial charge is 0.333 e. The third-order valence-electron chi connectivity index (χ3n) is 5.03. The minimum absolute atomic E-state index is 0.307. The molecular weight excluding hydrogens is 454 g/mol. The lowest BCUT2D eigenvalue weighted by Gasteiger charge is -2.24.